The van der Waals surface area contributed by atoms with Crippen LogP contribution in [0.4, 0.5) is 0 Å². The molecule has 0 saturated carbocycles. The van der Waals surface area contributed by atoms with E-state index in [1.807, 2.05) is 0 Å². The van der Waals surface area contributed by atoms with Crippen LogP contribution in [0, 0.1) is 0 Å². The van der Waals surface area contributed by atoms with Crippen LogP contribution in [0.1, 0.15) is 27.7 Å². The third kappa shape index (κ3) is 8.81. The largest absolute Gasteiger partial charge is 0.390 e. The Hall–Kier alpha value is -0.160. The number of aliphatic hydroxyl groups is 2. The fraction of sp³-hybridized carbons (Fsp3) is 1.00. The predicted molar refractivity (Wildman–Crippen MR) is 63.0 cm³/mol. The van der Waals surface area contributed by atoms with Crippen molar-refractivity contribution < 1.29 is 10.2 Å². The highest BCUT2D eigenvalue weighted by Crippen LogP contribution is 1.97. The number of nitrogens with zero attached hydrogens (tertiary/aromatic N) is 1. The van der Waals surface area contributed by atoms with E-state index in [-0.39, 0.29) is 6.10 Å². The second-order valence-corrected chi connectivity index (χ2v) is 4.58. The second kappa shape index (κ2) is 7.17. The summed E-state index contributed by atoms with van der Waals surface area (Å²) in [6.45, 7) is 11.3. The number of nitrogens with one attached hydrogen (secondary N) is 1. The standard InChI is InChI=1S/C11H26N2O2/c1-5-13(6-2)8-10(14)7-12-9-11(3,4)15/h10,12,14-15H,5-9H2,1-4H3. The molecular formula is C11H26N2O2. The minimum atomic E-state index is -0.713. The van der Waals surface area contributed by atoms with Crippen LogP contribution in [0.25, 0.3) is 0 Å². The number of rotatable bonds is 8. The molecule has 4 nitrogen and oxygen atoms in total. The predicted octanol–water partition coefficient (Wildman–Crippen LogP) is 0.0496. The van der Waals surface area contributed by atoms with Gasteiger partial charge in [-0.05, 0) is 26.9 Å². The first-order chi connectivity index (χ1) is 6.89. The Bertz CT molecular complexity index is 153. The van der Waals surface area contributed by atoms with Crippen LogP contribution in [0.15, 0.2) is 0 Å². The SMILES string of the molecule is CCN(CC)CC(O)CNCC(C)(C)O. The Labute approximate surface area is 93.3 Å². The average molecular weight is 218 g/mol. The molecule has 0 aromatic carbocycles. The van der Waals surface area contributed by atoms with Crippen LogP contribution in [0.5, 0.6) is 0 Å². The third-order valence-corrected chi connectivity index (χ3v) is 2.30. The summed E-state index contributed by atoms with van der Waals surface area (Å²) in [6.07, 6.45) is -0.368. The van der Waals surface area contributed by atoms with Crippen molar-refractivity contribution in [1.82, 2.24) is 10.2 Å². The zero-order chi connectivity index (χ0) is 11.9. The fourth-order valence-electron chi connectivity index (χ4n) is 1.39. The maximum Gasteiger partial charge on any atom is 0.0791 e. The molecule has 0 bridgehead atoms. The minimum Gasteiger partial charge on any atom is -0.390 e. The molecule has 15 heavy (non-hydrogen) atoms. The van der Waals surface area contributed by atoms with Crippen LogP contribution >= 0.6 is 0 Å². The van der Waals surface area contributed by atoms with Crippen molar-refractivity contribution in [1.29, 1.82) is 0 Å². The summed E-state index contributed by atoms with van der Waals surface area (Å²) in [5.74, 6) is 0. The molecule has 0 fully saturated rings. The lowest BCUT2D eigenvalue weighted by molar-refractivity contribution is 0.0690. The monoisotopic (exact) mass is 218 g/mol. The first-order valence-corrected chi connectivity index (χ1v) is 5.72. The molecule has 0 spiro atoms. The number of likely N-dealkylation sites (N-methyl/N-ethyl adjacent to an activating group) is 1. The van der Waals surface area contributed by atoms with Gasteiger partial charge >= 0.3 is 0 Å². The first kappa shape index (κ1) is 14.8. The van der Waals surface area contributed by atoms with Gasteiger partial charge in [0.1, 0.15) is 0 Å². The molecule has 0 aromatic rings. The number of aliphatic hydroxyl groups excluding tert-OH is 1. The van der Waals surface area contributed by atoms with E-state index in [4.69, 9.17) is 0 Å². The molecule has 0 amide bonds. The summed E-state index contributed by atoms with van der Waals surface area (Å²) < 4.78 is 0. The van der Waals surface area contributed by atoms with E-state index in [1.165, 1.54) is 0 Å². The van der Waals surface area contributed by atoms with E-state index in [1.54, 1.807) is 13.8 Å². The molecule has 4 heteroatoms. The molecule has 92 valence electrons. The zero-order valence-electron chi connectivity index (χ0n) is 10.5. The summed E-state index contributed by atoms with van der Waals surface area (Å²) in [5, 5.41) is 22.2. The summed E-state index contributed by atoms with van der Waals surface area (Å²) >= 11 is 0. The summed E-state index contributed by atoms with van der Waals surface area (Å²) in [5.41, 5.74) is -0.713. The Morgan fingerprint density at radius 2 is 1.80 bits per heavy atom. The Morgan fingerprint density at radius 3 is 2.20 bits per heavy atom. The van der Waals surface area contributed by atoms with E-state index >= 15 is 0 Å². The molecule has 1 atom stereocenters. The molecule has 0 aliphatic carbocycles. The lowest BCUT2D eigenvalue weighted by Crippen LogP contribution is -2.42. The molecule has 0 radical (unpaired) electrons. The van der Waals surface area contributed by atoms with Crippen molar-refractivity contribution in [3.63, 3.8) is 0 Å². The Kier molecular flexibility index (Phi) is 7.09. The first-order valence-electron chi connectivity index (χ1n) is 5.72. The van der Waals surface area contributed by atoms with E-state index in [0.29, 0.717) is 19.6 Å². The van der Waals surface area contributed by atoms with Gasteiger partial charge in [0.05, 0.1) is 11.7 Å². The van der Waals surface area contributed by atoms with Crippen molar-refractivity contribution >= 4 is 0 Å². The highest BCUT2D eigenvalue weighted by Gasteiger charge is 2.13. The van der Waals surface area contributed by atoms with Gasteiger partial charge in [0.2, 0.25) is 0 Å². The van der Waals surface area contributed by atoms with E-state index in [2.05, 4.69) is 24.1 Å². The van der Waals surface area contributed by atoms with Gasteiger partial charge in [-0.2, -0.15) is 0 Å². The number of hydrogen-bond donors (Lipinski definition) is 3. The molecule has 0 heterocycles. The molecule has 0 aliphatic rings. The van der Waals surface area contributed by atoms with Crippen LogP contribution in [0.2, 0.25) is 0 Å². The molecule has 0 aliphatic heterocycles. The Balaban J connectivity index is 3.61. The third-order valence-electron chi connectivity index (χ3n) is 2.30. The maximum absolute atomic E-state index is 9.69. The van der Waals surface area contributed by atoms with Crippen molar-refractivity contribution in [2.45, 2.75) is 39.4 Å². The summed E-state index contributed by atoms with van der Waals surface area (Å²) in [7, 11) is 0. The van der Waals surface area contributed by atoms with Crippen LogP contribution in [-0.4, -0.2) is 59.5 Å². The van der Waals surface area contributed by atoms with Crippen LogP contribution in [0.3, 0.4) is 0 Å². The number of hydrogen-bond acceptors (Lipinski definition) is 4. The van der Waals surface area contributed by atoms with Gasteiger partial charge in [-0.15, -0.1) is 0 Å². The van der Waals surface area contributed by atoms with Gasteiger partial charge in [0.15, 0.2) is 0 Å². The van der Waals surface area contributed by atoms with Crippen molar-refractivity contribution in [2.24, 2.45) is 0 Å². The van der Waals surface area contributed by atoms with Crippen molar-refractivity contribution in [2.75, 3.05) is 32.7 Å². The smallest absolute Gasteiger partial charge is 0.0791 e. The maximum atomic E-state index is 9.69. The quantitative estimate of drug-likeness (QED) is 0.539. The molecular weight excluding hydrogens is 192 g/mol. The van der Waals surface area contributed by atoms with Crippen LogP contribution < -0.4 is 5.32 Å². The summed E-state index contributed by atoms with van der Waals surface area (Å²) in [6, 6.07) is 0. The molecule has 1 unspecified atom stereocenters. The topological polar surface area (TPSA) is 55.7 Å². The van der Waals surface area contributed by atoms with E-state index in [9.17, 15) is 10.2 Å². The Morgan fingerprint density at radius 1 is 1.27 bits per heavy atom. The van der Waals surface area contributed by atoms with Crippen molar-refractivity contribution in [3.8, 4) is 0 Å². The lowest BCUT2D eigenvalue weighted by Gasteiger charge is -2.23. The van der Waals surface area contributed by atoms with E-state index in [0.717, 1.165) is 13.1 Å². The van der Waals surface area contributed by atoms with Gasteiger partial charge in [0.25, 0.3) is 0 Å². The molecule has 0 aromatic heterocycles. The molecule has 0 saturated heterocycles. The van der Waals surface area contributed by atoms with Gasteiger partial charge in [-0.1, -0.05) is 13.8 Å². The minimum absolute atomic E-state index is 0.368. The van der Waals surface area contributed by atoms with Crippen molar-refractivity contribution in [3.05, 3.63) is 0 Å². The van der Waals surface area contributed by atoms with Gasteiger partial charge in [0, 0.05) is 19.6 Å². The second-order valence-electron chi connectivity index (χ2n) is 4.58. The van der Waals surface area contributed by atoms with Gasteiger partial charge < -0.3 is 20.4 Å². The van der Waals surface area contributed by atoms with E-state index < -0.39 is 5.60 Å². The molecule has 3 N–H and O–H groups in total. The average Bonchev–Trinajstić information content (AvgIpc) is 2.12. The fourth-order valence-corrected chi connectivity index (χ4v) is 1.39. The van der Waals surface area contributed by atoms with Gasteiger partial charge in [-0.25, -0.2) is 0 Å². The zero-order valence-corrected chi connectivity index (χ0v) is 10.5. The normalized spacial score (nSPS) is 14.6. The lowest BCUT2D eigenvalue weighted by atomic mass is 10.1. The summed E-state index contributed by atoms with van der Waals surface area (Å²) in [4.78, 5) is 2.18. The van der Waals surface area contributed by atoms with Crippen LogP contribution in [-0.2, 0) is 0 Å². The molecule has 0 rings (SSSR count). The van der Waals surface area contributed by atoms with Gasteiger partial charge in [-0.3, -0.25) is 0 Å². The highest BCUT2D eigenvalue weighted by atomic mass is 16.3. The highest BCUT2D eigenvalue weighted by molar-refractivity contribution is 4.71.